The van der Waals surface area contributed by atoms with Crippen LogP contribution in [0.4, 0.5) is 5.69 Å². The van der Waals surface area contributed by atoms with Crippen molar-refractivity contribution in [2.45, 2.75) is 13.3 Å². The van der Waals surface area contributed by atoms with Crippen LogP contribution in [0.2, 0.25) is 0 Å². The van der Waals surface area contributed by atoms with Crippen molar-refractivity contribution in [3.8, 4) is 18.1 Å². The number of allylic oxidation sites excluding steroid dienone is 1. The molecule has 1 N–H and O–H groups in total. The lowest BCUT2D eigenvalue weighted by Gasteiger charge is -2.16. The van der Waals surface area contributed by atoms with Crippen LogP contribution in [0, 0.1) is 17.3 Å². The third-order valence-electron chi connectivity index (χ3n) is 4.47. The molecule has 3 rings (SSSR count). The molecular formula is C24H19NO2. The number of phenolic OH excluding ortho intramolecular Hbond substituents is 1. The summed E-state index contributed by atoms with van der Waals surface area (Å²) in [6, 6.07) is 22.2. The van der Waals surface area contributed by atoms with Crippen molar-refractivity contribution in [2.75, 3.05) is 0 Å². The first-order chi connectivity index (χ1) is 13.2. The van der Waals surface area contributed by atoms with Gasteiger partial charge in [-0.3, -0.25) is 0 Å². The molecule has 0 spiro atoms. The zero-order chi connectivity index (χ0) is 19.2. The molecule has 3 heteroatoms. The predicted molar refractivity (Wildman–Crippen MR) is 111 cm³/mol. The van der Waals surface area contributed by atoms with Gasteiger partial charge in [0.05, 0.1) is 0 Å². The van der Waals surface area contributed by atoms with Gasteiger partial charge in [0.2, 0.25) is 0 Å². The van der Waals surface area contributed by atoms with Crippen molar-refractivity contribution >= 4 is 16.8 Å². The first-order valence-electron chi connectivity index (χ1n) is 8.69. The minimum Gasteiger partial charge on any atom is -0.508 e. The predicted octanol–water partition coefficient (Wildman–Crippen LogP) is 6.14. The lowest BCUT2D eigenvalue weighted by Crippen LogP contribution is -1.95. The monoisotopic (exact) mass is 353 g/mol. The number of hydrogen-bond acceptors (Lipinski definition) is 3. The third-order valence-corrected chi connectivity index (χ3v) is 4.47. The number of terminal acetylenes is 1. The maximum absolute atomic E-state index is 10.8. The molecule has 27 heavy (non-hydrogen) atoms. The van der Waals surface area contributed by atoms with Crippen molar-refractivity contribution in [2.24, 2.45) is 5.18 Å². The summed E-state index contributed by atoms with van der Waals surface area (Å²) in [5.74, 6) is 2.86. The van der Waals surface area contributed by atoms with E-state index in [1.807, 2.05) is 48.5 Å². The number of aromatic hydroxyl groups is 1. The lowest BCUT2D eigenvalue weighted by molar-refractivity contribution is 0.475. The molecule has 3 aromatic rings. The van der Waals surface area contributed by atoms with Crippen molar-refractivity contribution in [3.05, 3.63) is 100.0 Å². The Morgan fingerprint density at radius 1 is 0.889 bits per heavy atom. The Labute approximate surface area is 159 Å². The summed E-state index contributed by atoms with van der Waals surface area (Å²) in [6.45, 7) is 2.10. The normalized spacial score (nSPS) is 11.4. The Morgan fingerprint density at radius 2 is 1.41 bits per heavy atom. The molecule has 0 aliphatic carbocycles. The zero-order valence-corrected chi connectivity index (χ0v) is 15.0. The highest BCUT2D eigenvalue weighted by Crippen LogP contribution is 2.35. The fourth-order valence-electron chi connectivity index (χ4n) is 3.13. The average molecular weight is 353 g/mol. The van der Waals surface area contributed by atoms with Gasteiger partial charge in [0.15, 0.2) is 0 Å². The molecule has 0 aliphatic heterocycles. The van der Waals surface area contributed by atoms with Crippen molar-refractivity contribution in [3.63, 3.8) is 0 Å². The van der Waals surface area contributed by atoms with Crippen LogP contribution >= 0.6 is 0 Å². The summed E-state index contributed by atoms with van der Waals surface area (Å²) in [6.07, 6.45) is 6.28. The van der Waals surface area contributed by atoms with Gasteiger partial charge in [0.25, 0.3) is 0 Å². The first-order valence-corrected chi connectivity index (χ1v) is 8.69. The van der Waals surface area contributed by atoms with Gasteiger partial charge in [-0.1, -0.05) is 49.2 Å². The van der Waals surface area contributed by atoms with Crippen molar-refractivity contribution < 1.29 is 5.11 Å². The van der Waals surface area contributed by atoms with E-state index in [1.54, 1.807) is 24.3 Å². The summed E-state index contributed by atoms with van der Waals surface area (Å²) in [5, 5.41) is 12.6. The largest absolute Gasteiger partial charge is 0.508 e. The molecule has 0 aromatic heterocycles. The highest BCUT2D eigenvalue weighted by Gasteiger charge is 2.13. The highest BCUT2D eigenvalue weighted by atomic mass is 16.3. The Kier molecular flexibility index (Phi) is 5.49. The minimum atomic E-state index is 0.218. The minimum absolute atomic E-state index is 0.218. The molecule has 0 amide bonds. The van der Waals surface area contributed by atoms with Crippen LogP contribution in [0.5, 0.6) is 5.75 Å². The number of phenols is 1. The summed E-state index contributed by atoms with van der Waals surface area (Å²) < 4.78 is 0. The van der Waals surface area contributed by atoms with Gasteiger partial charge in [-0.25, -0.2) is 0 Å². The van der Waals surface area contributed by atoms with Gasteiger partial charge in [0.1, 0.15) is 11.4 Å². The maximum Gasteiger partial charge on any atom is 0.115 e. The first kappa shape index (κ1) is 18.2. The van der Waals surface area contributed by atoms with E-state index in [0.29, 0.717) is 5.69 Å². The molecule has 3 aromatic carbocycles. The standard InChI is InChI=1S/C24H19NO2/c1-3-17-5-7-18(8-6-17)23(4-2)24(20-11-15-22(26)16-12-20)19-9-13-21(25-27)14-10-19/h1,5-16,26H,4H2,2H3/b24-23+. The fourth-order valence-corrected chi connectivity index (χ4v) is 3.13. The molecule has 0 heterocycles. The van der Waals surface area contributed by atoms with Crippen LogP contribution in [-0.4, -0.2) is 5.11 Å². The van der Waals surface area contributed by atoms with Crippen LogP contribution in [0.15, 0.2) is 78.0 Å². The van der Waals surface area contributed by atoms with Gasteiger partial charge in [-0.2, -0.15) is 0 Å². The van der Waals surface area contributed by atoms with Gasteiger partial charge in [0, 0.05) is 5.56 Å². The zero-order valence-electron chi connectivity index (χ0n) is 15.0. The molecule has 0 bridgehead atoms. The van der Waals surface area contributed by atoms with Gasteiger partial charge >= 0.3 is 0 Å². The van der Waals surface area contributed by atoms with Crippen LogP contribution in [0.3, 0.4) is 0 Å². The topological polar surface area (TPSA) is 49.7 Å². The molecule has 0 unspecified atom stereocenters. The van der Waals surface area contributed by atoms with E-state index >= 15 is 0 Å². The van der Waals surface area contributed by atoms with E-state index in [2.05, 4.69) is 18.0 Å². The van der Waals surface area contributed by atoms with Crippen molar-refractivity contribution in [1.29, 1.82) is 0 Å². The lowest BCUT2D eigenvalue weighted by atomic mass is 9.88. The van der Waals surface area contributed by atoms with Crippen LogP contribution < -0.4 is 0 Å². The van der Waals surface area contributed by atoms with E-state index in [4.69, 9.17) is 6.42 Å². The van der Waals surface area contributed by atoms with E-state index in [-0.39, 0.29) is 5.75 Å². The van der Waals surface area contributed by atoms with Crippen LogP contribution in [0.1, 0.15) is 35.6 Å². The second-order valence-electron chi connectivity index (χ2n) is 6.11. The summed E-state index contributed by atoms with van der Waals surface area (Å²) >= 11 is 0. The number of nitrogens with zero attached hydrogens (tertiary/aromatic N) is 1. The molecule has 3 nitrogen and oxygen atoms in total. The fraction of sp³-hybridized carbons (Fsp3) is 0.0833. The maximum atomic E-state index is 10.8. The third kappa shape index (κ3) is 3.96. The van der Waals surface area contributed by atoms with E-state index in [0.717, 1.165) is 39.8 Å². The molecular weight excluding hydrogens is 334 g/mol. The average Bonchev–Trinajstić information content (AvgIpc) is 2.73. The van der Waals surface area contributed by atoms with Gasteiger partial charge < -0.3 is 5.11 Å². The summed E-state index contributed by atoms with van der Waals surface area (Å²) in [5.41, 5.74) is 6.46. The van der Waals surface area contributed by atoms with E-state index < -0.39 is 0 Å². The highest BCUT2D eigenvalue weighted by molar-refractivity contribution is 5.98. The molecule has 0 radical (unpaired) electrons. The number of benzene rings is 3. The Balaban J connectivity index is 2.24. The Bertz CT molecular complexity index is 1010. The smallest absolute Gasteiger partial charge is 0.115 e. The van der Waals surface area contributed by atoms with E-state index in [1.165, 1.54) is 0 Å². The SMILES string of the molecule is C#Cc1ccc(/C(CC)=C(/c2ccc(O)cc2)c2ccc(N=O)cc2)cc1. The van der Waals surface area contributed by atoms with Gasteiger partial charge in [-0.05, 0) is 75.8 Å². The van der Waals surface area contributed by atoms with Crippen LogP contribution in [-0.2, 0) is 0 Å². The number of hydrogen-bond donors (Lipinski definition) is 1. The Morgan fingerprint density at radius 3 is 1.89 bits per heavy atom. The van der Waals surface area contributed by atoms with E-state index in [9.17, 15) is 10.0 Å². The summed E-state index contributed by atoms with van der Waals surface area (Å²) in [7, 11) is 0. The quantitative estimate of drug-likeness (QED) is 0.340. The van der Waals surface area contributed by atoms with Crippen molar-refractivity contribution in [1.82, 2.24) is 0 Å². The molecule has 0 saturated heterocycles. The molecule has 132 valence electrons. The molecule has 0 saturated carbocycles. The number of nitroso groups, excluding NO2 is 1. The summed E-state index contributed by atoms with van der Waals surface area (Å²) in [4.78, 5) is 10.8. The molecule has 0 atom stereocenters. The van der Waals surface area contributed by atoms with Gasteiger partial charge in [-0.15, -0.1) is 11.3 Å². The second-order valence-corrected chi connectivity index (χ2v) is 6.11. The van der Waals surface area contributed by atoms with Crippen LogP contribution in [0.25, 0.3) is 11.1 Å². The second kappa shape index (κ2) is 8.16. The molecule has 0 fully saturated rings. The molecule has 0 aliphatic rings. The number of rotatable bonds is 5. The Hall–Kier alpha value is -3.64.